The lowest BCUT2D eigenvalue weighted by atomic mass is 10.2. The van der Waals surface area contributed by atoms with E-state index in [9.17, 15) is 9.59 Å². The Morgan fingerprint density at radius 3 is 2.67 bits per heavy atom. The molecule has 104 valence electrons. The number of rotatable bonds is 3. The Balaban J connectivity index is 1.83. The number of carbonyl (C=O) groups excluding carboxylic acids is 2. The zero-order valence-electron chi connectivity index (χ0n) is 11.2. The van der Waals surface area contributed by atoms with Crippen LogP contribution in [0.1, 0.15) is 15.9 Å². The number of ether oxygens (including phenoxy) is 1. The maximum absolute atomic E-state index is 12.1. The fourth-order valence-corrected chi connectivity index (χ4v) is 2.17. The van der Waals surface area contributed by atoms with Crippen molar-refractivity contribution >= 4 is 23.3 Å². The summed E-state index contributed by atoms with van der Waals surface area (Å²) < 4.78 is 6.70. The van der Waals surface area contributed by atoms with E-state index in [0.29, 0.717) is 11.1 Å². The SMILES string of the molecule is O=Cc1ccc2ccn(C(=O)OCc3ccccc3)c2c1. The second-order valence-electron chi connectivity index (χ2n) is 4.66. The molecule has 0 fully saturated rings. The molecule has 2 aromatic carbocycles. The number of benzene rings is 2. The third-order valence-corrected chi connectivity index (χ3v) is 3.26. The molecule has 0 radical (unpaired) electrons. The summed E-state index contributed by atoms with van der Waals surface area (Å²) in [5.41, 5.74) is 2.12. The number of fused-ring (bicyclic) bond motifs is 1. The summed E-state index contributed by atoms with van der Waals surface area (Å²) in [6.45, 7) is 0.215. The van der Waals surface area contributed by atoms with E-state index < -0.39 is 6.09 Å². The van der Waals surface area contributed by atoms with Gasteiger partial charge in [-0.1, -0.05) is 42.5 Å². The Morgan fingerprint density at radius 1 is 1.10 bits per heavy atom. The van der Waals surface area contributed by atoms with Crippen LogP contribution in [0.2, 0.25) is 0 Å². The van der Waals surface area contributed by atoms with Crippen molar-refractivity contribution in [1.82, 2.24) is 4.57 Å². The van der Waals surface area contributed by atoms with Crippen LogP contribution in [0.3, 0.4) is 0 Å². The van der Waals surface area contributed by atoms with E-state index >= 15 is 0 Å². The van der Waals surface area contributed by atoms with Gasteiger partial charge in [0.1, 0.15) is 12.9 Å². The first-order chi connectivity index (χ1) is 10.3. The van der Waals surface area contributed by atoms with Gasteiger partial charge in [0, 0.05) is 17.1 Å². The molecule has 0 spiro atoms. The first-order valence-electron chi connectivity index (χ1n) is 6.55. The molecular formula is C17H13NO3. The Hall–Kier alpha value is -2.88. The lowest BCUT2D eigenvalue weighted by Crippen LogP contribution is -2.12. The van der Waals surface area contributed by atoms with Crippen LogP contribution >= 0.6 is 0 Å². The average molecular weight is 279 g/mol. The third kappa shape index (κ3) is 2.69. The molecule has 3 aromatic rings. The molecule has 0 aliphatic heterocycles. The number of hydrogen-bond acceptors (Lipinski definition) is 3. The topological polar surface area (TPSA) is 48.3 Å². The predicted molar refractivity (Wildman–Crippen MR) is 79.4 cm³/mol. The van der Waals surface area contributed by atoms with Crippen LogP contribution in [0.5, 0.6) is 0 Å². The van der Waals surface area contributed by atoms with Gasteiger partial charge < -0.3 is 4.74 Å². The quantitative estimate of drug-likeness (QED) is 0.688. The molecule has 0 N–H and O–H groups in total. The Bertz CT molecular complexity index is 790. The smallest absolute Gasteiger partial charge is 0.418 e. The minimum absolute atomic E-state index is 0.215. The van der Waals surface area contributed by atoms with Crippen LogP contribution in [0.4, 0.5) is 4.79 Å². The highest BCUT2D eigenvalue weighted by molar-refractivity contribution is 5.92. The van der Waals surface area contributed by atoms with Crippen LogP contribution in [-0.4, -0.2) is 16.9 Å². The van der Waals surface area contributed by atoms with Crippen LogP contribution in [0.15, 0.2) is 60.8 Å². The Morgan fingerprint density at radius 2 is 1.90 bits per heavy atom. The lowest BCUT2D eigenvalue weighted by molar-refractivity contribution is 0.112. The van der Waals surface area contributed by atoms with Gasteiger partial charge in [-0.25, -0.2) is 4.79 Å². The van der Waals surface area contributed by atoms with E-state index in [-0.39, 0.29) is 6.61 Å². The Labute approximate surface area is 121 Å². The van der Waals surface area contributed by atoms with Crippen molar-refractivity contribution in [2.24, 2.45) is 0 Å². The normalized spacial score (nSPS) is 10.5. The average Bonchev–Trinajstić information content (AvgIpc) is 2.96. The van der Waals surface area contributed by atoms with Gasteiger partial charge in [0.05, 0.1) is 5.52 Å². The summed E-state index contributed by atoms with van der Waals surface area (Å²) in [5, 5.41) is 0.886. The van der Waals surface area contributed by atoms with E-state index in [0.717, 1.165) is 17.2 Å². The zero-order valence-corrected chi connectivity index (χ0v) is 11.2. The summed E-state index contributed by atoms with van der Waals surface area (Å²) in [7, 11) is 0. The molecule has 4 nitrogen and oxygen atoms in total. The number of carbonyl (C=O) groups is 2. The number of nitrogens with zero attached hydrogens (tertiary/aromatic N) is 1. The first-order valence-corrected chi connectivity index (χ1v) is 6.55. The molecule has 0 aliphatic carbocycles. The van der Waals surface area contributed by atoms with Crippen molar-refractivity contribution in [1.29, 1.82) is 0 Å². The van der Waals surface area contributed by atoms with Gasteiger partial charge in [-0.2, -0.15) is 0 Å². The number of hydrogen-bond donors (Lipinski definition) is 0. The predicted octanol–water partition coefficient (Wildman–Crippen LogP) is 3.64. The maximum Gasteiger partial charge on any atom is 0.418 e. The molecule has 4 heteroatoms. The minimum atomic E-state index is -0.461. The maximum atomic E-state index is 12.1. The molecule has 0 aliphatic rings. The second-order valence-corrected chi connectivity index (χ2v) is 4.66. The van der Waals surface area contributed by atoms with Gasteiger partial charge in [0.15, 0.2) is 0 Å². The van der Waals surface area contributed by atoms with E-state index in [1.54, 1.807) is 24.4 Å². The van der Waals surface area contributed by atoms with Gasteiger partial charge in [-0.15, -0.1) is 0 Å². The van der Waals surface area contributed by atoms with Gasteiger partial charge in [0.25, 0.3) is 0 Å². The monoisotopic (exact) mass is 279 g/mol. The van der Waals surface area contributed by atoms with Crippen LogP contribution < -0.4 is 0 Å². The summed E-state index contributed by atoms with van der Waals surface area (Å²) in [6.07, 6.45) is 1.94. The van der Waals surface area contributed by atoms with Crippen LogP contribution in [-0.2, 0) is 11.3 Å². The molecule has 1 aromatic heterocycles. The molecule has 0 saturated heterocycles. The van der Waals surface area contributed by atoms with E-state index in [1.165, 1.54) is 4.57 Å². The van der Waals surface area contributed by atoms with Crippen molar-refractivity contribution in [3.05, 3.63) is 71.9 Å². The molecule has 0 atom stereocenters. The van der Waals surface area contributed by atoms with Crippen LogP contribution in [0, 0.1) is 0 Å². The third-order valence-electron chi connectivity index (χ3n) is 3.26. The zero-order chi connectivity index (χ0) is 14.7. The Kier molecular flexibility index (Phi) is 3.51. The largest absolute Gasteiger partial charge is 0.444 e. The fraction of sp³-hybridized carbons (Fsp3) is 0.0588. The molecule has 0 bridgehead atoms. The molecule has 0 saturated carbocycles. The van der Waals surface area contributed by atoms with Crippen molar-refractivity contribution < 1.29 is 14.3 Å². The van der Waals surface area contributed by atoms with Gasteiger partial charge in [-0.3, -0.25) is 9.36 Å². The molecule has 0 unspecified atom stereocenters. The second kappa shape index (κ2) is 5.63. The van der Waals surface area contributed by atoms with Crippen molar-refractivity contribution in [3.8, 4) is 0 Å². The molecule has 21 heavy (non-hydrogen) atoms. The molecular weight excluding hydrogens is 266 g/mol. The van der Waals surface area contributed by atoms with Gasteiger partial charge in [-0.05, 0) is 17.7 Å². The highest BCUT2D eigenvalue weighted by Crippen LogP contribution is 2.17. The standard InChI is InChI=1S/C17H13NO3/c19-11-14-6-7-15-8-9-18(16(15)10-14)17(20)21-12-13-4-2-1-3-5-13/h1-11H,12H2. The van der Waals surface area contributed by atoms with E-state index in [1.807, 2.05) is 36.4 Å². The summed E-state index contributed by atoms with van der Waals surface area (Å²) in [6, 6.07) is 16.5. The number of aromatic nitrogens is 1. The summed E-state index contributed by atoms with van der Waals surface area (Å²) in [5.74, 6) is 0. The van der Waals surface area contributed by atoms with Crippen molar-refractivity contribution in [2.45, 2.75) is 6.61 Å². The van der Waals surface area contributed by atoms with Gasteiger partial charge in [0.2, 0.25) is 0 Å². The minimum Gasteiger partial charge on any atom is -0.444 e. The van der Waals surface area contributed by atoms with Crippen LogP contribution in [0.25, 0.3) is 10.9 Å². The number of aldehydes is 1. The van der Waals surface area contributed by atoms with Crippen molar-refractivity contribution in [3.63, 3.8) is 0 Å². The van der Waals surface area contributed by atoms with E-state index in [4.69, 9.17) is 4.74 Å². The summed E-state index contributed by atoms with van der Waals surface area (Å²) in [4.78, 5) is 23.0. The highest BCUT2D eigenvalue weighted by atomic mass is 16.5. The van der Waals surface area contributed by atoms with E-state index in [2.05, 4.69) is 0 Å². The lowest BCUT2D eigenvalue weighted by Gasteiger charge is -2.06. The fourth-order valence-electron chi connectivity index (χ4n) is 2.17. The first kappa shape index (κ1) is 13.1. The molecule has 1 heterocycles. The highest BCUT2D eigenvalue weighted by Gasteiger charge is 2.10. The molecule has 3 rings (SSSR count). The molecule has 0 amide bonds. The van der Waals surface area contributed by atoms with Gasteiger partial charge >= 0.3 is 6.09 Å². The summed E-state index contributed by atoms with van der Waals surface area (Å²) >= 11 is 0. The van der Waals surface area contributed by atoms with Crippen molar-refractivity contribution in [2.75, 3.05) is 0 Å².